The van der Waals surface area contributed by atoms with Crippen LogP contribution in [0, 0.1) is 11.3 Å². The fourth-order valence-corrected chi connectivity index (χ4v) is 4.96. The minimum Gasteiger partial charge on any atom is -0.291 e. The van der Waals surface area contributed by atoms with E-state index in [0.717, 1.165) is 18.0 Å². The van der Waals surface area contributed by atoms with Gasteiger partial charge in [0.25, 0.3) is 0 Å². The second-order valence-electron chi connectivity index (χ2n) is 7.56. The molecule has 94 valence electrons. The third kappa shape index (κ3) is 2.15. The highest BCUT2D eigenvalue weighted by Crippen LogP contribution is 2.47. The van der Waals surface area contributed by atoms with Gasteiger partial charge in [-0.2, -0.15) is 11.8 Å². The van der Waals surface area contributed by atoms with E-state index in [1.807, 2.05) is 0 Å². The van der Waals surface area contributed by atoms with Crippen LogP contribution in [-0.4, -0.2) is 34.0 Å². The van der Waals surface area contributed by atoms with Crippen molar-refractivity contribution in [1.82, 2.24) is 4.90 Å². The number of rotatable bonds is 0. The molecule has 0 aromatic rings. The van der Waals surface area contributed by atoms with E-state index in [9.17, 15) is 0 Å². The molecule has 0 aromatic carbocycles. The predicted molar refractivity (Wildman–Crippen MR) is 74.1 cm³/mol. The van der Waals surface area contributed by atoms with Gasteiger partial charge in [-0.05, 0) is 44.3 Å². The van der Waals surface area contributed by atoms with E-state index in [-0.39, 0.29) is 0 Å². The highest BCUT2D eigenvalue weighted by Gasteiger charge is 2.51. The molecule has 2 aliphatic rings. The van der Waals surface area contributed by atoms with Gasteiger partial charge in [-0.1, -0.05) is 20.8 Å². The van der Waals surface area contributed by atoms with Gasteiger partial charge in [0.15, 0.2) is 0 Å². The molecule has 2 aliphatic heterocycles. The van der Waals surface area contributed by atoms with E-state index >= 15 is 0 Å². The minimum absolute atomic E-state index is 0.322. The highest BCUT2D eigenvalue weighted by atomic mass is 32.2. The van der Waals surface area contributed by atoms with E-state index in [1.54, 1.807) is 0 Å². The Morgan fingerprint density at radius 3 is 2.12 bits per heavy atom. The molecule has 0 spiro atoms. The molecule has 0 saturated carbocycles. The van der Waals surface area contributed by atoms with Crippen molar-refractivity contribution in [3.8, 4) is 0 Å². The summed E-state index contributed by atoms with van der Waals surface area (Å²) in [6.45, 7) is 14.4. The summed E-state index contributed by atoms with van der Waals surface area (Å²) in [5, 5.41) is 0. The van der Waals surface area contributed by atoms with Gasteiger partial charge in [0.05, 0.1) is 0 Å². The largest absolute Gasteiger partial charge is 0.291 e. The molecule has 16 heavy (non-hydrogen) atoms. The molecule has 0 amide bonds. The van der Waals surface area contributed by atoms with Crippen molar-refractivity contribution in [2.75, 3.05) is 11.5 Å². The second-order valence-corrected chi connectivity index (χ2v) is 8.64. The Kier molecular flexibility index (Phi) is 3.12. The molecule has 2 heteroatoms. The van der Waals surface area contributed by atoms with Crippen molar-refractivity contribution in [1.29, 1.82) is 0 Å². The molecule has 2 rings (SSSR count). The van der Waals surface area contributed by atoms with Gasteiger partial charge in [-0.15, -0.1) is 0 Å². The first-order valence-electron chi connectivity index (χ1n) is 6.57. The molecule has 3 unspecified atom stereocenters. The average molecular weight is 241 g/mol. The molecule has 0 radical (unpaired) electrons. The summed E-state index contributed by atoms with van der Waals surface area (Å²) in [4.78, 5) is 2.83. The first-order valence-corrected chi connectivity index (χ1v) is 7.73. The van der Waals surface area contributed by atoms with Crippen LogP contribution in [0.1, 0.15) is 48.0 Å². The van der Waals surface area contributed by atoms with Gasteiger partial charge in [0, 0.05) is 23.4 Å². The lowest BCUT2D eigenvalue weighted by molar-refractivity contribution is 0.0308. The second kappa shape index (κ2) is 3.91. The summed E-state index contributed by atoms with van der Waals surface area (Å²) in [6, 6.07) is 1.61. The SMILES string of the molecule is CC(C)(C)C1CC2CSCC2N1C(C)(C)C. The van der Waals surface area contributed by atoms with Crippen LogP contribution in [0.25, 0.3) is 0 Å². The monoisotopic (exact) mass is 241 g/mol. The molecule has 0 bridgehead atoms. The van der Waals surface area contributed by atoms with Crippen LogP contribution in [-0.2, 0) is 0 Å². The van der Waals surface area contributed by atoms with E-state index in [2.05, 4.69) is 58.2 Å². The topological polar surface area (TPSA) is 3.24 Å². The van der Waals surface area contributed by atoms with Gasteiger partial charge in [-0.25, -0.2) is 0 Å². The van der Waals surface area contributed by atoms with Gasteiger partial charge < -0.3 is 0 Å². The zero-order valence-corrected chi connectivity index (χ0v) is 12.5. The third-order valence-electron chi connectivity index (χ3n) is 4.16. The first-order chi connectivity index (χ1) is 7.21. The first kappa shape index (κ1) is 12.8. The zero-order valence-electron chi connectivity index (χ0n) is 11.7. The molecule has 1 nitrogen and oxygen atoms in total. The number of likely N-dealkylation sites (tertiary alicyclic amines) is 1. The number of hydrogen-bond acceptors (Lipinski definition) is 2. The number of thioether (sulfide) groups is 1. The Bertz CT molecular complexity index is 261. The lowest BCUT2D eigenvalue weighted by Crippen LogP contribution is -2.53. The van der Waals surface area contributed by atoms with Crippen LogP contribution in [0.5, 0.6) is 0 Å². The zero-order chi connectivity index (χ0) is 12.1. The van der Waals surface area contributed by atoms with E-state index in [1.165, 1.54) is 17.9 Å². The quantitative estimate of drug-likeness (QED) is 0.637. The van der Waals surface area contributed by atoms with Gasteiger partial charge in [0.1, 0.15) is 0 Å². The molecule has 0 aliphatic carbocycles. The van der Waals surface area contributed by atoms with E-state index in [0.29, 0.717) is 11.0 Å². The summed E-state index contributed by atoms with van der Waals surface area (Å²) in [5.41, 5.74) is 0.741. The van der Waals surface area contributed by atoms with Gasteiger partial charge in [0.2, 0.25) is 0 Å². The summed E-state index contributed by atoms with van der Waals surface area (Å²) < 4.78 is 0. The van der Waals surface area contributed by atoms with Crippen molar-refractivity contribution < 1.29 is 0 Å². The minimum atomic E-state index is 0.322. The van der Waals surface area contributed by atoms with Gasteiger partial charge >= 0.3 is 0 Å². The number of hydrogen-bond donors (Lipinski definition) is 0. The average Bonchev–Trinajstić information content (AvgIpc) is 2.53. The maximum Gasteiger partial charge on any atom is 0.0231 e. The molecule has 2 heterocycles. The van der Waals surface area contributed by atoms with E-state index in [4.69, 9.17) is 0 Å². The molecule has 2 saturated heterocycles. The molecular weight excluding hydrogens is 214 g/mol. The number of nitrogens with zero attached hydrogens (tertiary/aromatic N) is 1. The van der Waals surface area contributed by atoms with Gasteiger partial charge in [-0.3, -0.25) is 4.90 Å². The van der Waals surface area contributed by atoms with Crippen LogP contribution in [0.3, 0.4) is 0 Å². The van der Waals surface area contributed by atoms with Crippen molar-refractivity contribution in [2.45, 2.75) is 65.6 Å². The molecule has 3 atom stereocenters. The summed E-state index contributed by atoms with van der Waals surface area (Å²) in [6.07, 6.45) is 1.42. The molecular formula is C14H27NS. The van der Waals surface area contributed by atoms with Crippen LogP contribution in [0.2, 0.25) is 0 Å². The smallest absolute Gasteiger partial charge is 0.0231 e. The predicted octanol–water partition coefficient (Wildman–Crippen LogP) is 3.64. The fourth-order valence-electron chi connectivity index (χ4n) is 3.49. The van der Waals surface area contributed by atoms with Crippen LogP contribution >= 0.6 is 11.8 Å². The standard InChI is InChI=1S/C14H27NS/c1-13(2,3)12-7-10-8-16-9-11(10)15(12)14(4,5)6/h10-12H,7-9H2,1-6H3. The Balaban J connectivity index is 2.27. The summed E-state index contributed by atoms with van der Waals surface area (Å²) in [7, 11) is 0. The lowest BCUT2D eigenvalue weighted by Gasteiger charge is -2.45. The Morgan fingerprint density at radius 2 is 1.62 bits per heavy atom. The van der Waals surface area contributed by atoms with Crippen LogP contribution in [0.15, 0.2) is 0 Å². The Labute approximate surface area is 105 Å². The van der Waals surface area contributed by atoms with Crippen molar-refractivity contribution in [3.05, 3.63) is 0 Å². The number of fused-ring (bicyclic) bond motifs is 1. The van der Waals surface area contributed by atoms with E-state index < -0.39 is 0 Å². The summed E-state index contributed by atoms with van der Waals surface area (Å²) in [5.74, 6) is 3.70. The Morgan fingerprint density at radius 1 is 1.00 bits per heavy atom. The summed E-state index contributed by atoms with van der Waals surface area (Å²) >= 11 is 2.16. The normalized spacial score (nSPS) is 36.8. The fraction of sp³-hybridized carbons (Fsp3) is 1.00. The van der Waals surface area contributed by atoms with Crippen LogP contribution in [0.4, 0.5) is 0 Å². The van der Waals surface area contributed by atoms with Crippen molar-refractivity contribution in [2.24, 2.45) is 11.3 Å². The molecule has 0 aromatic heterocycles. The molecule has 2 fully saturated rings. The van der Waals surface area contributed by atoms with Crippen LogP contribution < -0.4 is 0 Å². The Hall–Kier alpha value is 0.310. The maximum absolute atomic E-state index is 2.83. The van der Waals surface area contributed by atoms with Crippen molar-refractivity contribution in [3.63, 3.8) is 0 Å². The third-order valence-corrected chi connectivity index (χ3v) is 5.40. The molecule has 0 N–H and O–H groups in total. The maximum atomic E-state index is 2.83. The highest BCUT2D eigenvalue weighted by molar-refractivity contribution is 7.99. The lowest BCUT2D eigenvalue weighted by atomic mass is 9.82. The van der Waals surface area contributed by atoms with Crippen molar-refractivity contribution >= 4 is 11.8 Å².